The van der Waals surface area contributed by atoms with Gasteiger partial charge in [-0.15, -0.1) is 11.3 Å². The average molecular weight is 1390 g/mol. The largest absolute Gasteiger partial charge is 0.398 e. The van der Waals surface area contributed by atoms with Crippen LogP contribution in [0, 0.1) is 15.4 Å². The number of carbonyl (C=O) groups excluding carboxylic acids is 2. The summed E-state index contributed by atoms with van der Waals surface area (Å²) in [5.41, 5.74) is 19.7. The third-order valence-corrected chi connectivity index (χ3v) is 18.7. The molecule has 9 heterocycles. The molecule has 33 heteroatoms. The highest BCUT2D eigenvalue weighted by Gasteiger charge is 2.49. The first-order chi connectivity index (χ1) is 43.5. The van der Waals surface area contributed by atoms with Crippen molar-refractivity contribution >= 4 is 120 Å². The van der Waals surface area contributed by atoms with Gasteiger partial charge in [0.05, 0.1) is 47.8 Å². The summed E-state index contributed by atoms with van der Waals surface area (Å²) in [5.74, 6) is -0.233. The topological polar surface area (TPSA) is 426 Å². The number of hydrogen-bond acceptors (Lipinski definition) is 26. The van der Waals surface area contributed by atoms with E-state index in [4.69, 9.17) is 37.4 Å². The molecule has 2 saturated heterocycles. The number of nitrogens with two attached hydrogens (primary N) is 2. The van der Waals surface area contributed by atoms with Crippen molar-refractivity contribution < 1.29 is 54.5 Å². The number of fused-ring (bicyclic) bond motifs is 3. The Hall–Kier alpha value is -7.09. The molecule has 90 heavy (non-hydrogen) atoms. The third kappa shape index (κ3) is 14.5. The number of benzene rings is 1. The zero-order chi connectivity index (χ0) is 63.8. The molecule has 1 aromatic carbocycles. The number of nitrogens with zero attached hydrogens (tertiary/aromatic N) is 12. The van der Waals surface area contributed by atoms with Crippen molar-refractivity contribution in [3.05, 3.63) is 92.6 Å². The summed E-state index contributed by atoms with van der Waals surface area (Å²) in [4.78, 5) is 64.7. The SMILES string of the molecule is CCNC(=O)[C@H]1C[C@@H](n2cnc3c(N[C@H](CC)Cc4sccc4Cl)ccnc32)[C@H](O)[C@@H]1O.CNC(=O)[C@H]1O[C@@H](n2cnc3c(NCc4ccc(N)c(I)c4)ncnc32)[C@H](O)[C@@H]1O.Nc1ncnc2c1ncn2[C@@H]1O[C@H](CON/N=C/C2CCCCC2)[C@@H](O)[C@H]1O. The van der Waals surface area contributed by atoms with Crippen molar-refractivity contribution in [1.82, 2.24) is 69.8 Å². The lowest BCUT2D eigenvalue weighted by atomic mass is 9.90. The van der Waals surface area contributed by atoms with E-state index in [9.17, 15) is 40.2 Å². The Morgan fingerprint density at radius 2 is 1.50 bits per heavy atom. The molecule has 15 N–H and O–H groups in total. The second-order valence-corrected chi connectivity index (χ2v) is 24.7. The molecule has 2 aliphatic heterocycles. The van der Waals surface area contributed by atoms with Crippen molar-refractivity contribution in [2.24, 2.45) is 16.9 Å². The van der Waals surface area contributed by atoms with Gasteiger partial charge in [-0.05, 0) is 96.3 Å². The van der Waals surface area contributed by atoms with Crippen molar-refractivity contribution in [2.45, 2.75) is 145 Å². The van der Waals surface area contributed by atoms with Gasteiger partial charge in [0.15, 0.2) is 52.7 Å². The van der Waals surface area contributed by atoms with Gasteiger partial charge < -0.3 is 77.4 Å². The number of pyridine rings is 1. The van der Waals surface area contributed by atoms with Crippen LogP contribution in [0.5, 0.6) is 0 Å². The first kappa shape index (κ1) is 65.8. The smallest absolute Gasteiger partial charge is 0.251 e. The second kappa shape index (κ2) is 29.9. The lowest BCUT2D eigenvalue weighted by Gasteiger charge is -2.19. The van der Waals surface area contributed by atoms with Crippen LogP contribution in [0.1, 0.15) is 87.7 Å². The van der Waals surface area contributed by atoms with Crippen molar-refractivity contribution in [1.29, 1.82) is 0 Å². The van der Waals surface area contributed by atoms with E-state index < -0.39 is 79.2 Å². The molecular formula is C57H73ClIN19O11S. The maximum atomic E-state index is 12.3. The highest BCUT2D eigenvalue weighted by atomic mass is 127. The summed E-state index contributed by atoms with van der Waals surface area (Å²) in [6.07, 6.45) is 7.78. The first-order valence-electron chi connectivity index (χ1n) is 29.5. The minimum absolute atomic E-state index is 0.0144. The van der Waals surface area contributed by atoms with Crippen LogP contribution < -0.4 is 38.3 Å². The van der Waals surface area contributed by atoms with E-state index in [0.717, 1.165) is 56.1 Å². The number of rotatable bonds is 19. The van der Waals surface area contributed by atoms with Crippen molar-refractivity contribution in [2.75, 3.05) is 42.3 Å². The number of hydrazone groups is 1. The highest BCUT2D eigenvalue weighted by molar-refractivity contribution is 14.1. The summed E-state index contributed by atoms with van der Waals surface area (Å²) < 4.78 is 17.1. The van der Waals surface area contributed by atoms with Gasteiger partial charge >= 0.3 is 0 Å². The van der Waals surface area contributed by atoms with Gasteiger partial charge in [-0.1, -0.05) is 43.9 Å². The van der Waals surface area contributed by atoms with Crippen molar-refractivity contribution in [3.63, 3.8) is 0 Å². The lowest BCUT2D eigenvalue weighted by Crippen LogP contribution is -2.41. The van der Waals surface area contributed by atoms with Crippen LogP contribution in [-0.2, 0) is 36.9 Å². The van der Waals surface area contributed by atoms with Crippen LogP contribution in [0.4, 0.5) is 23.0 Å². The molecule has 13 atom stereocenters. The van der Waals surface area contributed by atoms with Gasteiger partial charge in [-0.2, -0.15) is 10.7 Å². The maximum absolute atomic E-state index is 12.3. The molecule has 12 rings (SSSR count). The monoisotopic (exact) mass is 1390 g/mol. The van der Waals surface area contributed by atoms with Gasteiger partial charge in [0.1, 0.15) is 66.9 Å². The van der Waals surface area contributed by atoms with Gasteiger partial charge in [0.25, 0.3) is 5.91 Å². The van der Waals surface area contributed by atoms with Crippen LogP contribution in [0.25, 0.3) is 33.5 Å². The van der Waals surface area contributed by atoms with Gasteiger partial charge in [-0.3, -0.25) is 23.6 Å². The highest BCUT2D eigenvalue weighted by Crippen LogP contribution is 2.39. The summed E-state index contributed by atoms with van der Waals surface area (Å²) >= 11 is 10.1. The minimum atomic E-state index is -1.38. The quantitative estimate of drug-likeness (QED) is 0.0182. The Morgan fingerprint density at radius 1 is 0.811 bits per heavy atom. The number of halogens is 2. The average Bonchev–Trinajstić information content (AvgIpc) is 1.66. The van der Waals surface area contributed by atoms with Gasteiger partial charge in [0, 0.05) is 59.1 Å². The van der Waals surface area contributed by atoms with E-state index in [1.807, 2.05) is 48.9 Å². The van der Waals surface area contributed by atoms with Crippen LogP contribution in [-0.4, -0.2) is 177 Å². The molecule has 2 amide bonds. The van der Waals surface area contributed by atoms with Crippen LogP contribution in [0.15, 0.2) is 78.6 Å². The minimum Gasteiger partial charge on any atom is -0.398 e. The molecule has 8 aromatic rings. The van der Waals surface area contributed by atoms with Crippen LogP contribution in [0.3, 0.4) is 0 Å². The number of aromatic nitrogens is 11. The molecule has 4 aliphatic rings. The lowest BCUT2D eigenvalue weighted by molar-refractivity contribution is -0.137. The summed E-state index contributed by atoms with van der Waals surface area (Å²) in [7, 11) is 1.43. The van der Waals surface area contributed by atoms with Crippen LogP contribution >= 0.6 is 45.5 Å². The fraction of sp³-hybridized carbons (Fsp3) is 0.491. The van der Waals surface area contributed by atoms with E-state index in [1.165, 1.54) is 60.8 Å². The zero-order valence-corrected chi connectivity index (χ0v) is 53.0. The van der Waals surface area contributed by atoms with Gasteiger partial charge in [0.2, 0.25) is 5.91 Å². The standard InChI is InChI=1S/C22H28ClN5O3S.C18H20IN7O4.C17H25N7O4/c1-3-12(9-17-14(23)6-8-32-17)27-15-5-7-25-21-18(15)26-11-28(21)16-10-13(19(29)20(16)30)22(31)24-4-2;1-21-17(29)14-12(27)13(28)18(30-14)26-7-25-11-15(23-6-24-16(11)26)22-5-8-2-3-10(20)9(19)4-8;18-15-12-16(20-8-19-15)24(9-21-12)17-14(26)13(25)11(28-17)7-27-23-22-6-10-4-2-1-3-5-10/h5-8,11-13,16,19-20,29-30H,3-4,9-10H2,1-2H3,(H,24,31)(H,25,27);2-4,6-7,12-14,18,27-28H,5,20H2,1H3,(H,21,29)(H,22,23,24);6,8-11,13-14,17,23,25-26H,1-5,7H2,(H2,18,19,20)/b;;22-6+/t12-,13+,16-,19-,20+;12-,13+,14-,18+;11-,13-,14-,17-/m101/s1. The second-order valence-electron chi connectivity index (χ2n) is 22.1. The maximum Gasteiger partial charge on any atom is 0.251 e. The molecular weight excluding hydrogens is 1320 g/mol. The molecule has 7 aromatic heterocycles. The fourth-order valence-electron chi connectivity index (χ4n) is 11.4. The number of amides is 2. The first-order valence-corrected chi connectivity index (χ1v) is 31.8. The van der Waals surface area contributed by atoms with Crippen LogP contribution in [0.2, 0.25) is 5.02 Å². The molecule has 2 aliphatic carbocycles. The fourth-order valence-corrected chi connectivity index (χ4v) is 13.1. The number of imidazole rings is 3. The molecule has 2 saturated carbocycles. The van der Waals surface area contributed by atoms with E-state index in [-0.39, 0.29) is 24.4 Å². The number of nitrogen functional groups attached to an aromatic ring is 2. The number of likely N-dealkylation sites (N-methyl/N-ethyl adjacent to an activating group) is 1. The Balaban J connectivity index is 0.000000149. The summed E-state index contributed by atoms with van der Waals surface area (Å²) in [6, 6.07) is 9.22. The number of aliphatic hydroxyl groups is 6. The molecule has 0 unspecified atom stereocenters. The Labute approximate surface area is 538 Å². The predicted octanol–water partition coefficient (Wildman–Crippen LogP) is 3.10. The molecule has 0 bridgehead atoms. The number of thiophene rings is 1. The zero-order valence-electron chi connectivity index (χ0n) is 49.3. The van der Waals surface area contributed by atoms with E-state index in [1.54, 1.807) is 28.4 Å². The molecule has 30 nitrogen and oxygen atoms in total. The third-order valence-electron chi connectivity index (χ3n) is 16.3. The summed E-state index contributed by atoms with van der Waals surface area (Å²) in [6.45, 7) is 4.93. The number of anilines is 4. The number of carbonyl (C=O) groups is 2. The van der Waals surface area contributed by atoms with E-state index >= 15 is 0 Å². The Morgan fingerprint density at radius 3 is 2.21 bits per heavy atom. The molecule has 0 spiro atoms. The Bertz CT molecular complexity index is 3760. The van der Waals surface area contributed by atoms with E-state index in [2.05, 4.69) is 101 Å². The Kier molecular flexibility index (Phi) is 21.9. The van der Waals surface area contributed by atoms with Crippen molar-refractivity contribution in [3.8, 4) is 0 Å². The number of aliphatic hydroxyl groups excluding tert-OH is 6. The number of nitrogens with one attached hydrogen (secondary N) is 5. The predicted molar refractivity (Wildman–Crippen MR) is 342 cm³/mol. The number of ether oxygens (including phenoxy) is 2. The van der Waals surface area contributed by atoms with Gasteiger partial charge in [-0.25, -0.2) is 39.9 Å². The van der Waals surface area contributed by atoms with E-state index in [0.29, 0.717) is 64.7 Å². The molecule has 0 radical (unpaired) electrons. The molecule has 482 valence electrons. The summed E-state index contributed by atoms with van der Waals surface area (Å²) in [5, 5.41) is 81.2. The molecule has 4 fully saturated rings. The number of hydrogen-bond donors (Lipinski definition) is 13. The normalized spacial score (nSPS) is 25.5.